The summed E-state index contributed by atoms with van der Waals surface area (Å²) in [5, 5.41) is 0. The number of aryl methyl sites for hydroxylation is 1. The van der Waals surface area contributed by atoms with E-state index >= 15 is 0 Å². The van der Waals surface area contributed by atoms with E-state index in [0.717, 1.165) is 17.0 Å². The van der Waals surface area contributed by atoms with Crippen LogP contribution in [0.4, 0.5) is 10.3 Å². The monoisotopic (exact) mass is 235 g/mol. The van der Waals surface area contributed by atoms with Gasteiger partial charge in [0, 0.05) is 12.6 Å². The molecule has 0 spiro atoms. The lowest BCUT2D eigenvalue weighted by molar-refractivity contribution is 0.386. The van der Waals surface area contributed by atoms with E-state index in [9.17, 15) is 4.39 Å². The zero-order chi connectivity index (χ0) is 12.6. The van der Waals surface area contributed by atoms with Crippen molar-refractivity contribution in [2.75, 3.05) is 12.8 Å². The molecule has 2 aromatic rings. The number of nitrogens with zero attached hydrogens (tertiary/aromatic N) is 2. The molecule has 2 N–H and O–H groups in total. The van der Waals surface area contributed by atoms with Gasteiger partial charge in [-0.3, -0.25) is 0 Å². The summed E-state index contributed by atoms with van der Waals surface area (Å²) in [6.45, 7) is 1.84. The van der Waals surface area contributed by atoms with Gasteiger partial charge in [0.2, 0.25) is 5.95 Å². The van der Waals surface area contributed by atoms with Gasteiger partial charge in [0.05, 0.1) is 18.5 Å². The Hall–Kier alpha value is -2.04. The Bertz CT molecular complexity index is 563. The molecule has 5 heteroatoms. The van der Waals surface area contributed by atoms with Crippen molar-refractivity contribution in [3.63, 3.8) is 0 Å². The van der Waals surface area contributed by atoms with Gasteiger partial charge >= 0.3 is 0 Å². The van der Waals surface area contributed by atoms with Crippen LogP contribution in [-0.4, -0.2) is 16.7 Å². The summed E-state index contributed by atoms with van der Waals surface area (Å²) < 4.78 is 20.2. The van der Waals surface area contributed by atoms with Crippen LogP contribution in [0, 0.1) is 12.7 Å². The third-order valence-electron chi connectivity index (χ3n) is 2.73. The molecule has 0 saturated carbocycles. The Morgan fingerprint density at radius 1 is 1.41 bits per heavy atom. The first kappa shape index (κ1) is 11.4. The summed E-state index contributed by atoms with van der Waals surface area (Å²) in [6, 6.07) is 4.79. The van der Waals surface area contributed by atoms with E-state index in [0.29, 0.717) is 5.95 Å². The minimum Gasteiger partial charge on any atom is -0.494 e. The minimum atomic E-state index is -0.399. The molecule has 0 atom stereocenters. The molecule has 0 amide bonds. The van der Waals surface area contributed by atoms with Crippen LogP contribution < -0.4 is 10.5 Å². The van der Waals surface area contributed by atoms with Crippen molar-refractivity contribution in [2.24, 2.45) is 7.05 Å². The zero-order valence-corrected chi connectivity index (χ0v) is 9.99. The van der Waals surface area contributed by atoms with Gasteiger partial charge in [0.15, 0.2) is 11.6 Å². The van der Waals surface area contributed by atoms with Crippen molar-refractivity contribution in [1.82, 2.24) is 9.55 Å². The van der Waals surface area contributed by atoms with Crippen molar-refractivity contribution in [3.8, 4) is 17.0 Å². The third kappa shape index (κ3) is 1.84. The van der Waals surface area contributed by atoms with E-state index in [1.54, 1.807) is 23.7 Å². The summed E-state index contributed by atoms with van der Waals surface area (Å²) in [5.41, 5.74) is 8.02. The van der Waals surface area contributed by atoms with E-state index < -0.39 is 5.82 Å². The fourth-order valence-corrected chi connectivity index (χ4v) is 1.87. The van der Waals surface area contributed by atoms with Crippen LogP contribution in [0.3, 0.4) is 0 Å². The molecule has 4 nitrogen and oxygen atoms in total. The van der Waals surface area contributed by atoms with Gasteiger partial charge in [0.1, 0.15) is 0 Å². The maximum absolute atomic E-state index is 13.6. The lowest BCUT2D eigenvalue weighted by Crippen LogP contribution is -1.99. The molecule has 1 heterocycles. The van der Waals surface area contributed by atoms with Gasteiger partial charge in [-0.2, -0.15) is 0 Å². The number of nitrogen functional groups attached to an aromatic ring is 1. The van der Waals surface area contributed by atoms with Crippen LogP contribution in [0.1, 0.15) is 5.69 Å². The molecule has 0 unspecified atom stereocenters. The highest BCUT2D eigenvalue weighted by Gasteiger charge is 2.13. The Kier molecular flexibility index (Phi) is 2.75. The van der Waals surface area contributed by atoms with E-state index in [2.05, 4.69) is 4.98 Å². The molecule has 0 saturated heterocycles. The Balaban J connectivity index is 2.57. The van der Waals surface area contributed by atoms with Crippen LogP contribution in [0.2, 0.25) is 0 Å². The average Bonchev–Trinajstić information content (AvgIpc) is 2.53. The van der Waals surface area contributed by atoms with Crippen molar-refractivity contribution < 1.29 is 9.13 Å². The number of anilines is 1. The molecule has 90 valence electrons. The molecular formula is C12H14FN3O. The molecule has 0 aliphatic heterocycles. The standard InChI is InChI=1S/C12H14FN3O/c1-7-11(16(2)12(14)15-7)8-4-5-10(17-3)9(13)6-8/h4-6H,1-3H3,(H2,14,15). The summed E-state index contributed by atoms with van der Waals surface area (Å²) >= 11 is 0. The van der Waals surface area contributed by atoms with E-state index in [1.807, 2.05) is 6.92 Å². The van der Waals surface area contributed by atoms with Gasteiger partial charge in [-0.25, -0.2) is 9.37 Å². The highest BCUT2D eigenvalue weighted by Crippen LogP contribution is 2.28. The third-order valence-corrected chi connectivity index (χ3v) is 2.73. The number of halogens is 1. The average molecular weight is 235 g/mol. The number of ether oxygens (including phenoxy) is 1. The van der Waals surface area contributed by atoms with Crippen LogP contribution in [0.5, 0.6) is 5.75 Å². The summed E-state index contributed by atoms with van der Waals surface area (Å²) in [4.78, 5) is 4.15. The van der Waals surface area contributed by atoms with E-state index in [1.165, 1.54) is 13.2 Å². The van der Waals surface area contributed by atoms with Crippen LogP contribution >= 0.6 is 0 Å². The predicted molar refractivity (Wildman–Crippen MR) is 64.3 cm³/mol. The van der Waals surface area contributed by atoms with E-state index in [4.69, 9.17) is 10.5 Å². The second-order valence-electron chi connectivity index (χ2n) is 3.81. The number of imidazole rings is 1. The number of hydrogen-bond acceptors (Lipinski definition) is 3. The molecule has 0 bridgehead atoms. The van der Waals surface area contributed by atoms with Crippen molar-refractivity contribution >= 4 is 5.95 Å². The first-order valence-corrected chi connectivity index (χ1v) is 5.17. The lowest BCUT2D eigenvalue weighted by Gasteiger charge is -2.07. The summed E-state index contributed by atoms with van der Waals surface area (Å²) in [6.07, 6.45) is 0. The predicted octanol–water partition coefficient (Wildman–Crippen LogP) is 2.13. The molecule has 2 rings (SSSR count). The summed E-state index contributed by atoms with van der Waals surface area (Å²) in [7, 11) is 3.23. The second kappa shape index (κ2) is 4.08. The Morgan fingerprint density at radius 3 is 2.59 bits per heavy atom. The van der Waals surface area contributed by atoms with Gasteiger partial charge in [-0.15, -0.1) is 0 Å². The normalized spacial score (nSPS) is 10.6. The minimum absolute atomic E-state index is 0.224. The molecule has 0 aliphatic rings. The lowest BCUT2D eigenvalue weighted by atomic mass is 10.1. The second-order valence-corrected chi connectivity index (χ2v) is 3.81. The first-order valence-electron chi connectivity index (χ1n) is 5.17. The highest BCUT2D eigenvalue weighted by atomic mass is 19.1. The molecule has 0 radical (unpaired) electrons. The SMILES string of the molecule is COc1ccc(-c2c(C)nc(N)n2C)cc1F. The number of methoxy groups -OCH3 is 1. The number of nitrogens with two attached hydrogens (primary N) is 1. The fraction of sp³-hybridized carbons (Fsp3) is 0.250. The van der Waals surface area contributed by atoms with Gasteiger partial charge in [-0.05, 0) is 25.1 Å². The number of rotatable bonds is 2. The largest absolute Gasteiger partial charge is 0.494 e. The molecule has 0 fully saturated rings. The van der Waals surface area contributed by atoms with E-state index in [-0.39, 0.29) is 5.75 Å². The maximum atomic E-state index is 13.6. The van der Waals surface area contributed by atoms with Crippen LogP contribution in [0.25, 0.3) is 11.3 Å². The Morgan fingerprint density at radius 2 is 2.12 bits per heavy atom. The number of hydrogen-bond donors (Lipinski definition) is 1. The van der Waals surface area contributed by atoms with Gasteiger partial charge in [0.25, 0.3) is 0 Å². The molecule has 17 heavy (non-hydrogen) atoms. The number of benzene rings is 1. The highest BCUT2D eigenvalue weighted by molar-refractivity contribution is 5.65. The van der Waals surface area contributed by atoms with Gasteiger partial charge < -0.3 is 15.0 Å². The molecule has 0 aliphatic carbocycles. The topological polar surface area (TPSA) is 53.1 Å². The molecule has 1 aromatic carbocycles. The maximum Gasteiger partial charge on any atom is 0.200 e. The smallest absolute Gasteiger partial charge is 0.200 e. The summed E-state index contributed by atoms with van der Waals surface area (Å²) in [5.74, 6) is 0.236. The number of aromatic nitrogens is 2. The molecule has 1 aromatic heterocycles. The van der Waals surface area contributed by atoms with Crippen molar-refractivity contribution in [3.05, 3.63) is 29.7 Å². The zero-order valence-electron chi connectivity index (χ0n) is 9.99. The van der Waals surface area contributed by atoms with Gasteiger partial charge in [-0.1, -0.05) is 0 Å². The van der Waals surface area contributed by atoms with Crippen molar-refractivity contribution in [2.45, 2.75) is 6.92 Å². The van der Waals surface area contributed by atoms with Crippen LogP contribution in [-0.2, 0) is 7.05 Å². The quantitative estimate of drug-likeness (QED) is 0.867. The Labute approximate surface area is 98.8 Å². The molecular weight excluding hydrogens is 221 g/mol. The van der Waals surface area contributed by atoms with Crippen LogP contribution in [0.15, 0.2) is 18.2 Å². The fourth-order valence-electron chi connectivity index (χ4n) is 1.87. The first-order chi connectivity index (χ1) is 8.04. The van der Waals surface area contributed by atoms with Crippen molar-refractivity contribution in [1.29, 1.82) is 0 Å².